The van der Waals surface area contributed by atoms with E-state index in [2.05, 4.69) is 25.9 Å². The fourth-order valence-corrected chi connectivity index (χ4v) is 2.38. The van der Waals surface area contributed by atoms with Crippen LogP contribution in [-0.2, 0) is 0 Å². The summed E-state index contributed by atoms with van der Waals surface area (Å²) in [6.45, 7) is 0. The van der Waals surface area contributed by atoms with Gasteiger partial charge in [0.15, 0.2) is 11.6 Å². The summed E-state index contributed by atoms with van der Waals surface area (Å²) in [5.74, 6) is 0.233. The Kier molecular flexibility index (Phi) is 3.15. The molecule has 0 unspecified atom stereocenters. The third-order valence-corrected chi connectivity index (χ3v) is 3.49. The molecule has 0 fully saturated rings. The largest absolute Gasteiger partial charge is 0.493 e. The van der Waals surface area contributed by atoms with Crippen molar-refractivity contribution >= 4 is 15.9 Å². The number of nitrogens with zero attached hydrogens (tertiary/aromatic N) is 1. The first-order valence-corrected chi connectivity index (χ1v) is 6.58. The zero-order valence-corrected chi connectivity index (χ0v) is 11.7. The monoisotopic (exact) mass is 332 g/mol. The molecule has 3 rings (SSSR count). The van der Waals surface area contributed by atoms with Crippen LogP contribution < -0.4 is 5.56 Å². The number of H-pyrrole nitrogens is 1. The average molecular weight is 333 g/mol. The fourth-order valence-electron chi connectivity index (χ4n) is 1.90. The van der Waals surface area contributed by atoms with Gasteiger partial charge in [-0.2, -0.15) is 4.98 Å². The molecule has 0 radical (unpaired) electrons. The lowest BCUT2D eigenvalue weighted by atomic mass is 10.1. The highest BCUT2D eigenvalue weighted by Gasteiger charge is 2.16. The maximum absolute atomic E-state index is 12.2. The van der Waals surface area contributed by atoms with Crippen LogP contribution >= 0.6 is 15.9 Å². The smallest absolute Gasteiger partial charge is 0.263 e. The van der Waals surface area contributed by atoms with E-state index >= 15 is 0 Å². The summed E-state index contributed by atoms with van der Waals surface area (Å²) in [6, 6.07) is 10.4. The molecule has 2 heterocycles. The summed E-state index contributed by atoms with van der Waals surface area (Å²) in [4.78, 5) is 18.8. The van der Waals surface area contributed by atoms with E-state index in [1.165, 1.54) is 6.26 Å². The molecule has 20 heavy (non-hydrogen) atoms. The third-order valence-electron chi connectivity index (χ3n) is 2.80. The van der Waals surface area contributed by atoms with Crippen molar-refractivity contribution in [1.82, 2.24) is 9.97 Å². The number of furan rings is 1. The molecule has 0 atom stereocenters. The number of benzene rings is 1. The molecule has 0 saturated carbocycles. The zero-order chi connectivity index (χ0) is 14.1. The summed E-state index contributed by atoms with van der Waals surface area (Å²) in [6.07, 6.45) is 1.47. The summed E-state index contributed by atoms with van der Waals surface area (Å²) in [5.41, 5.74) is 0.258. The number of aromatic amines is 1. The van der Waals surface area contributed by atoms with Crippen molar-refractivity contribution in [3.8, 4) is 28.6 Å². The summed E-state index contributed by atoms with van der Waals surface area (Å²) in [5, 5.41) is 10.1. The molecular formula is C14H9BrN2O3. The van der Waals surface area contributed by atoms with Gasteiger partial charge in [-0.25, -0.2) is 0 Å². The SMILES string of the molecule is O=c1[nH]c(-c2ccco2)nc(O)c1-c1ccccc1Br. The van der Waals surface area contributed by atoms with Gasteiger partial charge in [0.05, 0.1) is 6.26 Å². The Labute approximate surface area is 122 Å². The first kappa shape index (κ1) is 12.7. The van der Waals surface area contributed by atoms with Crippen molar-refractivity contribution in [3.05, 3.63) is 57.5 Å². The highest BCUT2D eigenvalue weighted by Crippen LogP contribution is 2.31. The summed E-state index contributed by atoms with van der Waals surface area (Å²) >= 11 is 3.35. The van der Waals surface area contributed by atoms with E-state index < -0.39 is 5.56 Å². The van der Waals surface area contributed by atoms with Crippen LogP contribution in [0.25, 0.3) is 22.7 Å². The molecule has 2 aromatic heterocycles. The van der Waals surface area contributed by atoms with Crippen molar-refractivity contribution < 1.29 is 9.52 Å². The van der Waals surface area contributed by atoms with Gasteiger partial charge in [-0.05, 0) is 18.2 Å². The van der Waals surface area contributed by atoms with Gasteiger partial charge in [0.25, 0.3) is 5.56 Å². The van der Waals surface area contributed by atoms with Crippen LogP contribution in [0.1, 0.15) is 0 Å². The maximum Gasteiger partial charge on any atom is 0.263 e. The van der Waals surface area contributed by atoms with E-state index in [9.17, 15) is 9.90 Å². The number of nitrogens with one attached hydrogen (secondary N) is 1. The van der Waals surface area contributed by atoms with Gasteiger partial charge in [-0.15, -0.1) is 0 Å². The number of rotatable bonds is 2. The lowest BCUT2D eigenvalue weighted by Crippen LogP contribution is -2.12. The van der Waals surface area contributed by atoms with Gasteiger partial charge >= 0.3 is 0 Å². The van der Waals surface area contributed by atoms with Gasteiger partial charge in [0, 0.05) is 10.0 Å². The molecule has 0 aliphatic rings. The van der Waals surface area contributed by atoms with Crippen molar-refractivity contribution in [2.75, 3.05) is 0 Å². The molecule has 0 amide bonds. The molecule has 0 aliphatic heterocycles. The number of aromatic nitrogens is 2. The molecule has 100 valence electrons. The topological polar surface area (TPSA) is 79.1 Å². The molecule has 0 spiro atoms. The first-order valence-electron chi connectivity index (χ1n) is 5.79. The Balaban J connectivity index is 2.20. The van der Waals surface area contributed by atoms with E-state index in [0.717, 1.165) is 0 Å². The number of hydrogen-bond acceptors (Lipinski definition) is 4. The standard InChI is InChI=1S/C14H9BrN2O3/c15-9-5-2-1-4-8(9)11-13(18)16-12(17-14(11)19)10-6-3-7-20-10/h1-7H,(H2,16,17,18,19). The summed E-state index contributed by atoms with van der Waals surface area (Å²) in [7, 11) is 0. The molecule has 6 heteroatoms. The van der Waals surface area contributed by atoms with Gasteiger partial charge in [-0.3, -0.25) is 4.79 Å². The summed E-state index contributed by atoms with van der Waals surface area (Å²) < 4.78 is 5.85. The predicted molar refractivity (Wildman–Crippen MR) is 77.4 cm³/mol. The van der Waals surface area contributed by atoms with Crippen LogP contribution in [0.4, 0.5) is 0 Å². The predicted octanol–water partition coefficient (Wildman–Crippen LogP) is 3.17. The molecular weight excluding hydrogens is 324 g/mol. The quantitative estimate of drug-likeness (QED) is 0.755. The minimum atomic E-state index is -0.434. The van der Waals surface area contributed by atoms with Gasteiger partial charge in [-0.1, -0.05) is 34.1 Å². The molecule has 3 aromatic rings. The molecule has 0 bridgehead atoms. The normalized spacial score (nSPS) is 10.7. The van der Waals surface area contributed by atoms with E-state index in [4.69, 9.17) is 4.42 Å². The van der Waals surface area contributed by atoms with Crippen molar-refractivity contribution in [1.29, 1.82) is 0 Å². The van der Waals surface area contributed by atoms with Gasteiger partial charge < -0.3 is 14.5 Å². The second-order valence-electron chi connectivity index (χ2n) is 4.07. The second-order valence-corrected chi connectivity index (χ2v) is 4.92. The number of hydrogen-bond donors (Lipinski definition) is 2. The molecule has 2 N–H and O–H groups in total. The van der Waals surface area contributed by atoms with E-state index in [1.807, 2.05) is 6.07 Å². The second kappa shape index (κ2) is 4.97. The van der Waals surface area contributed by atoms with Crippen LogP contribution in [0.2, 0.25) is 0 Å². The number of aromatic hydroxyl groups is 1. The van der Waals surface area contributed by atoms with Gasteiger partial charge in [0.1, 0.15) is 5.56 Å². The Morgan fingerprint density at radius 1 is 1.20 bits per heavy atom. The highest BCUT2D eigenvalue weighted by molar-refractivity contribution is 9.10. The molecule has 5 nitrogen and oxygen atoms in total. The minimum Gasteiger partial charge on any atom is -0.493 e. The lowest BCUT2D eigenvalue weighted by molar-refractivity contribution is 0.452. The van der Waals surface area contributed by atoms with E-state index in [-0.39, 0.29) is 17.3 Å². The van der Waals surface area contributed by atoms with Crippen molar-refractivity contribution in [3.63, 3.8) is 0 Å². The Morgan fingerprint density at radius 3 is 2.65 bits per heavy atom. The van der Waals surface area contributed by atoms with Crippen LogP contribution in [0.5, 0.6) is 5.88 Å². The van der Waals surface area contributed by atoms with E-state index in [0.29, 0.717) is 15.8 Å². The fraction of sp³-hybridized carbons (Fsp3) is 0. The van der Waals surface area contributed by atoms with Gasteiger partial charge in [0.2, 0.25) is 5.88 Å². The van der Waals surface area contributed by atoms with Crippen LogP contribution in [0, 0.1) is 0 Å². The number of halogens is 1. The zero-order valence-electron chi connectivity index (χ0n) is 10.1. The Morgan fingerprint density at radius 2 is 2.00 bits per heavy atom. The lowest BCUT2D eigenvalue weighted by Gasteiger charge is -2.06. The minimum absolute atomic E-state index is 0.118. The first-order chi connectivity index (χ1) is 9.66. The highest BCUT2D eigenvalue weighted by atomic mass is 79.9. The van der Waals surface area contributed by atoms with E-state index in [1.54, 1.807) is 30.3 Å². The molecule has 1 aromatic carbocycles. The maximum atomic E-state index is 12.2. The molecule has 0 saturated heterocycles. The Bertz CT molecular complexity index is 810. The van der Waals surface area contributed by atoms with Crippen molar-refractivity contribution in [2.24, 2.45) is 0 Å². The van der Waals surface area contributed by atoms with Crippen LogP contribution in [0.15, 0.2) is 56.3 Å². The average Bonchev–Trinajstić information content (AvgIpc) is 2.94. The third kappa shape index (κ3) is 2.14. The molecule has 0 aliphatic carbocycles. The van der Waals surface area contributed by atoms with Crippen LogP contribution in [-0.4, -0.2) is 15.1 Å². The van der Waals surface area contributed by atoms with Crippen molar-refractivity contribution in [2.45, 2.75) is 0 Å². The van der Waals surface area contributed by atoms with Crippen LogP contribution in [0.3, 0.4) is 0 Å². The Hall–Kier alpha value is -2.34.